The average molecular weight is 523 g/mol. The van der Waals surface area contributed by atoms with E-state index in [1.54, 1.807) is 0 Å². The second-order valence-corrected chi connectivity index (χ2v) is 10.2. The second-order valence-electron chi connectivity index (χ2n) is 7.73. The summed E-state index contributed by atoms with van der Waals surface area (Å²) in [5.74, 6) is 0. The van der Waals surface area contributed by atoms with Crippen molar-refractivity contribution in [3.63, 3.8) is 0 Å². The first-order chi connectivity index (χ1) is 15.2. The van der Waals surface area contributed by atoms with Gasteiger partial charge in [-0.15, -0.1) is 0 Å². The fourth-order valence-corrected chi connectivity index (χ4v) is 3.27. The minimum Gasteiger partial charge on any atom is -0.445 e. The summed E-state index contributed by atoms with van der Waals surface area (Å²) >= 11 is 16.9. The Bertz CT molecular complexity index is 510. The maximum Gasteiger partial charge on any atom is 0.407 e. The van der Waals surface area contributed by atoms with Crippen molar-refractivity contribution in [1.29, 1.82) is 0 Å². The number of nitrogens with one attached hydrogen (secondary N) is 1. The zero-order chi connectivity index (χ0) is 24.0. The first kappa shape index (κ1) is 30.0. The van der Waals surface area contributed by atoms with Crippen molar-refractivity contribution < 1.29 is 33.6 Å². The quantitative estimate of drug-likeness (QED) is 0.244. The number of unbranched alkanes of at least 4 members (excludes halogenated alkanes) is 3. The number of alkyl carbamates (subject to hydrolysis) is 1. The Hall–Kier alpha value is -0.0600. The van der Waals surface area contributed by atoms with Crippen LogP contribution in [0.25, 0.3) is 0 Å². The van der Waals surface area contributed by atoms with Crippen LogP contribution >= 0.6 is 34.8 Å². The van der Waals surface area contributed by atoms with Crippen molar-refractivity contribution in [2.75, 3.05) is 33.0 Å². The zero-order valence-electron chi connectivity index (χ0n) is 19.2. The molecule has 11 heteroatoms. The number of hydrogen-bond donors (Lipinski definition) is 2. The van der Waals surface area contributed by atoms with Crippen LogP contribution in [0.1, 0.15) is 59.3 Å². The molecule has 1 rings (SSSR count). The molecule has 0 saturated carbocycles. The Balaban J connectivity index is 2.95. The highest BCUT2D eigenvalue weighted by Gasteiger charge is 2.48. The Morgan fingerprint density at radius 3 is 2.09 bits per heavy atom. The molecule has 8 nitrogen and oxygen atoms in total. The molecule has 1 saturated heterocycles. The number of hydrogen-bond acceptors (Lipinski definition) is 7. The molecule has 2 unspecified atom stereocenters. The number of alkyl halides is 3. The summed E-state index contributed by atoms with van der Waals surface area (Å²) in [4.78, 5) is 12.3. The lowest BCUT2D eigenvalue weighted by atomic mass is 9.96. The van der Waals surface area contributed by atoms with E-state index in [-0.39, 0.29) is 6.61 Å². The molecular formula is C21H38Cl3NO7. The van der Waals surface area contributed by atoms with Crippen LogP contribution in [-0.4, -0.2) is 78.7 Å². The van der Waals surface area contributed by atoms with Gasteiger partial charge in [0.1, 0.15) is 31.0 Å². The Kier molecular flexibility index (Phi) is 15.5. The van der Waals surface area contributed by atoms with Gasteiger partial charge < -0.3 is 34.1 Å². The number of amides is 1. The summed E-state index contributed by atoms with van der Waals surface area (Å²) in [5.41, 5.74) is 0. The van der Waals surface area contributed by atoms with Crippen LogP contribution in [0, 0.1) is 0 Å². The number of rotatable bonds is 15. The highest BCUT2D eigenvalue weighted by atomic mass is 35.6. The highest BCUT2D eigenvalue weighted by Crippen LogP contribution is 2.28. The summed E-state index contributed by atoms with van der Waals surface area (Å²) in [7, 11) is 0. The zero-order valence-corrected chi connectivity index (χ0v) is 21.5. The average Bonchev–Trinajstić information content (AvgIpc) is 2.73. The second kappa shape index (κ2) is 16.5. The van der Waals surface area contributed by atoms with Crippen LogP contribution in [0.15, 0.2) is 0 Å². The molecule has 5 atom stereocenters. The minimum atomic E-state index is -1.75. The lowest BCUT2D eigenvalue weighted by molar-refractivity contribution is -0.273. The van der Waals surface area contributed by atoms with Gasteiger partial charge in [0.05, 0.1) is 6.61 Å². The van der Waals surface area contributed by atoms with Crippen LogP contribution in [0.4, 0.5) is 4.79 Å². The van der Waals surface area contributed by atoms with E-state index in [2.05, 4.69) is 19.2 Å². The minimum absolute atomic E-state index is 0.242. The molecule has 0 radical (unpaired) electrons. The molecule has 1 amide bonds. The lowest BCUT2D eigenvalue weighted by Gasteiger charge is -2.44. The summed E-state index contributed by atoms with van der Waals surface area (Å²) in [6.45, 7) is 7.50. The number of aliphatic hydroxyl groups excluding tert-OH is 1. The van der Waals surface area contributed by atoms with Gasteiger partial charge in [0.25, 0.3) is 0 Å². The Morgan fingerprint density at radius 1 is 0.969 bits per heavy atom. The first-order valence-corrected chi connectivity index (χ1v) is 12.5. The topological polar surface area (TPSA) is 95.5 Å². The van der Waals surface area contributed by atoms with Gasteiger partial charge in [0.2, 0.25) is 3.79 Å². The fourth-order valence-electron chi connectivity index (χ4n) is 3.11. The van der Waals surface area contributed by atoms with E-state index in [9.17, 15) is 9.90 Å². The van der Waals surface area contributed by atoms with Crippen LogP contribution in [-0.2, 0) is 23.7 Å². The van der Waals surface area contributed by atoms with Crippen molar-refractivity contribution in [3.05, 3.63) is 0 Å². The molecule has 0 aromatic rings. The first-order valence-electron chi connectivity index (χ1n) is 11.4. The van der Waals surface area contributed by atoms with Gasteiger partial charge >= 0.3 is 6.09 Å². The molecule has 0 aliphatic carbocycles. The maximum absolute atomic E-state index is 12.3. The molecule has 1 fully saturated rings. The van der Waals surface area contributed by atoms with Gasteiger partial charge in [0, 0.05) is 19.8 Å². The third kappa shape index (κ3) is 11.9. The molecule has 0 aromatic carbocycles. The van der Waals surface area contributed by atoms with E-state index in [4.69, 9.17) is 58.5 Å². The maximum atomic E-state index is 12.3. The number of aliphatic hydroxyl groups is 1. The summed E-state index contributed by atoms with van der Waals surface area (Å²) in [5, 5.41) is 13.3. The van der Waals surface area contributed by atoms with E-state index in [1.807, 2.05) is 6.92 Å². The Labute approximate surface area is 206 Å². The van der Waals surface area contributed by atoms with Crippen molar-refractivity contribution in [1.82, 2.24) is 5.32 Å². The van der Waals surface area contributed by atoms with E-state index in [0.29, 0.717) is 19.8 Å². The van der Waals surface area contributed by atoms with Crippen molar-refractivity contribution in [2.24, 2.45) is 0 Å². The highest BCUT2D eigenvalue weighted by molar-refractivity contribution is 6.67. The van der Waals surface area contributed by atoms with Crippen molar-refractivity contribution in [3.8, 4) is 0 Å². The SMILES string of the molecule is CCCCOCC1O[C@@H](O)[C@@H](NC(=O)OCC(Cl)(Cl)Cl)C(OCCCC)[C@@H]1OCCCC. The summed E-state index contributed by atoms with van der Waals surface area (Å²) in [6, 6.07) is -0.937. The standard InChI is InChI=1S/C21H38Cl3NO7/c1-4-7-10-28-13-15-17(29-11-8-5-2)18(30-12-9-6-3)16(19(26)32-15)25-20(27)31-14-21(22,23)24/h15-19,26H,4-14H2,1-3H3,(H,25,27)/t15?,16-,17+,18?,19+/m0/s1. The number of halogens is 3. The van der Waals surface area contributed by atoms with Gasteiger partial charge in [-0.25, -0.2) is 4.79 Å². The lowest BCUT2D eigenvalue weighted by Crippen LogP contribution is -2.65. The predicted octanol–water partition coefficient (Wildman–Crippen LogP) is 4.36. The number of carbonyl (C=O) groups is 1. The van der Waals surface area contributed by atoms with Gasteiger partial charge in [-0.2, -0.15) is 0 Å². The number of carbonyl (C=O) groups excluding carboxylic acids is 1. The smallest absolute Gasteiger partial charge is 0.407 e. The fraction of sp³-hybridized carbons (Fsp3) is 0.952. The molecular weight excluding hydrogens is 485 g/mol. The number of ether oxygens (including phenoxy) is 5. The molecule has 1 aliphatic rings. The molecule has 2 N–H and O–H groups in total. The van der Waals surface area contributed by atoms with E-state index < -0.39 is 47.1 Å². The van der Waals surface area contributed by atoms with Crippen LogP contribution in [0.5, 0.6) is 0 Å². The largest absolute Gasteiger partial charge is 0.445 e. The molecule has 1 aliphatic heterocycles. The van der Waals surface area contributed by atoms with Crippen molar-refractivity contribution >= 4 is 40.9 Å². The molecule has 0 bridgehead atoms. The van der Waals surface area contributed by atoms with Gasteiger partial charge in [0.15, 0.2) is 6.29 Å². The normalized spacial score (nSPS) is 26.2. The third-order valence-electron chi connectivity index (χ3n) is 4.86. The molecule has 0 spiro atoms. The molecule has 32 heavy (non-hydrogen) atoms. The molecule has 1 heterocycles. The molecule has 0 aromatic heterocycles. The van der Waals surface area contributed by atoms with Crippen LogP contribution < -0.4 is 5.32 Å². The summed E-state index contributed by atoms with van der Waals surface area (Å²) < 4.78 is 26.9. The van der Waals surface area contributed by atoms with E-state index in [1.165, 1.54) is 0 Å². The van der Waals surface area contributed by atoms with Crippen molar-refractivity contribution in [2.45, 2.75) is 93.7 Å². The van der Waals surface area contributed by atoms with Gasteiger partial charge in [-0.3, -0.25) is 0 Å². The van der Waals surface area contributed by atoms with Gasteiger partial charge in [-0.1, -0.05) is 74.8 Å². The summed E-state index contributed by atoms with van der Waals surface area (Å²) in [6.07, 6.45) is 1.49. The van der Waals surface area contributed by atoms with Crippen LogP contribution in [0.3, 0.4) is 0 Å². The molecule has 190 valence electrons. The van der Waals surface area contributed by atoms with E-state index in [0.717, 1.165) is 38.5 Å². The predicted molar refractivity (Wildman–Crippen MR) is 124 cm³/mol. The van der Waals surface area contributed by atoms with E-state index >= 15 is 0 Å². The van der Waals surface area contributed by atoms with Crippen LogP contribution in [0.2, 0.25) is 0 Å². The third-order valence-corrected chi connectivity index (χ3v) is 5.19. The van der Waals surface area contributed by atoms with Gasteiger partial charge in [-0.05, 0) is 19.3 Å². The Morgan fingerprint density at radius 2 is 1.53 bits per heavy atom. The monoisotopic (exact) mass is 521 g/mol.